The number of halogens is 1. The fourth-order valence-corrected chi connectivity index (χ4v) is 3.74. The number of benzene rings is 2. The van der Waals surface area contributed by atoms with E-state index in [0.29, 0.717) is 30.2 Å². The molecule has 2 aromatic rings. The molecule has 1 aliphatic heterocycles. The predicted octanol–water partition coefficient (Wildman–Crippen LogP) is 3.43. The first-order valence-electron chi connectivity index (χ1n) is 10.00. The maximum atomic E-state index is 12.2. The average molecular weight is 431 g/mol. The molecule has 0 bridgehead atoms. The van der Waals surface area contributed by atoms with Gasteiger partial charge in [-0.2, -0.15) is 0 Å². The highest BCUT2D eigenvalue weighted by Gasteiger charge is 2.34. The summed E-state index contributed by atoms with van der Waals surface area (Å²) in [5.74, 6) is 0. The number of carbonyl (C=O) groups is 2. The van der Waals surface area contributed by atoms with Gasteiger partial charge in [0.05, 0.1) is 12.6 Å². The SMILES string of the molecule is CCc1ccc(NC(=O)OC[C@@H]2C[C@@H](N)CN2N(C=O)Cc2ccccc2Cl)cc1. The summed E-state index contributed by atoms with van der Waals surface area (Å²) in [7, 11) is 0. The normalized spacial score (nSPS) is 18.8. The summed E-state index contributed by atoms with van der Waals surface area (Å²) < 4.78 is 5.42. The van der Waals surface area contributed by atoms with Gasteiger partial charge in [0.2, 0.25) is 6.41 Å². The maximum absolute atomic E-state index is 12.2. The van der Waals surface area contributed by atoms with Crippen LogP contribution in [0.15, 0.2) is 48.5 Å². The molecule has 0 aromatic heterocycles. The molecule has 7 nitrogen and oxygen atoms in total. The minimum absolute atomic E-state index is 0.114. The molecule has 0 saturated carbocycles. The van der Waals surface area contributed by atoms with Crippen molar-refractivity contribution < 1.29 is 14.3 Å². The molecule has 1 heterocycles. The fourth-order valence-electron chi connectivity index (χ4n) is 3.54. The molecule has 3 N–H and O–H groups in total. The first kappa shape index (κ1) is 22.1. The van der Waals surface area contributed by atoms with Gasteiger partial charge in [-0.1, -0.05) is 48.9 Å². The number of hydrazine groups is 1. The Morgan fingerprint density at radius 3 is 2.70 bits per heavy atom. The van der Waals surface area contributed by atoms with E-state index in [1.54, 1.807) is 11.1 Å². The average Bonchev–Trinajstić information content (AvgIpc) is 3.12. The van der Waals surface area contributed by atoms with Gasteiger partial charge in [0, 0.05) is 23.3 Å². The number of nitrogens with zero attached hydrogens (tertiary/aromatic N) is 2. The molecule has 2 amide bonds. The third kappa shape index (κ3) is 5.72. The summed E-state index contributed by atoms with van der Waals surface area (Å²) in [6.07, 6.45) is 1.77. The lowest BCUT2D eigenvalue weighted by Gasteiger charge is -2.33. The number of hydrogen-bond acceptors (Lipinski definition) is 5. The van der Waals surface area contributed by atoms with Crippen molar-refractivity contribution in [2.24, 2.45) is 5.73 Å². The molecule has 160 valence electrons. The summed E-state index contributed by atoms with van der Waals surface area (Å²) in [5.41, 5.74) is 8.82. The molecule has 0 unspecified atom stereocenters. The van der Waals surface area contributed by atoms with Crippen LogP contribution in [-0.4, -0.2) is 47.8 Å². The number of carbonyl (C=O) groups excluding carboxylic acids is 2. The van der Waals surface area contributed by atoms with E-state index in [0.717, 1.165) is 18.4 Å². The number of nitrogens with two attached hydrogens (primary N) is 1. The Balaban J connectivity index is 1.58. The number of aryl methyl sites for hydroxylation is 1. The molecule has 1 aliphatic rings. The Labute approximate surface area is 181 Å². The van der Waals surface area contributed by atoms with E-state index in [1.807, 2.05) is 47.5 Å². The van der Waals surface area contributed by atoms with Gasteiger partial charge in [-0.25, -0.2) is 9.80 Å². The van der Waals surface area contributed by atoms with Crippen molar-refractivity contribution in [3.63, 3.8) is 0 Å². The molecular formula is C22H27ClN4O3. The molecule has 0 aliphatic carbocycles. The van der Waals surface area contributed by atoms with Gasteiger partial charge < -0.3 is 10.5 Å². The second-order valence-electron chi connectivity index (χ2n) is 7.34. The van der Waals surface area contributed by atoms with Crippen molar-refractivity contribution in [3.05, 3.63) is 64.7 Å². The minimum Gasteiger partial charge on any atom is -0.448 e. The second kappa shape index (κ2) is 10.4. The van der Waals surface area contributed by atoms with Crippen LogP contribution in [0.3, 0.4) is 0 Å². The van der Waals surface area contributed by atoms with Crippen LogP contribution in [0.1, 0.15) is 24.5 Å². The molecule has 1 fully saturated rings. The molecule has 2 atom stereocenters. The Hall–Kier alpha value is -2.61. The van der Waals surface area contributed by atoms with E-state index in [9.17, 15) is 9.59 Å². The lowest BCUT2D eigenvalue weighted by atomic mass is 10.1. The van der Waals surface area contributed by atoms with Gasteiger partial charge in [-0.15, -0.1) is 0 Å². The van der Waals surface area contributed by atoms with Crippen molar-refractivity contribution in [1.29, 1.82) is 0 Å². The molecule has 1 saturated heterocycles. The highest BCUT2D eigenvalue weighted by atomic mass is 35.5. The quantitative estimate of drug-likeness (QED) is 0.626. The van der Waals surface area contributed by atoms with E-state index >= 15 is 0 Å². The van der Waals surface area contributed by atoms with Crippen LogP contribution in [0.25, 0.3) is 0 Å². The van der Waals surface area contributed by atoms with Crippen LogP contribution in [0.2, 0.25) is 5.02 Å². The summed E-state index contributed by atoms with van der Waals surface area (Å²) in [4.78, 5) is 24.0. The van der Waals surface area contributed by atoms with E-state index in [2.05, 4.69) is 12.2 Å². The number of anilines is 1. The molecule has 0 radical (unpaired) electrons. The molecule has 2 aromatic carbocycles. The first-order chi connectivity index (χ1) is 14.5. The van der Waals surface area contributed by atoms with E-state index < -0.39 is 6.09 Å². The molecule has 3 rings (SSSR count). The van der Waals surface area contributed by atoms with Crippen LogP contribution < -0.4 is 11.1 Å². The van der Waals surface area contributed by atoms with Crippen molar-refractivity contribution in [2.45, 2.75) is 38.4 Å². The second-order valence-corrected chi connectivity index (χ2v) is 7.75. The van der Waals surface area contributed by atoms with Gasteiger partial charge >= 0.3 is 6.09 Å². The Kier molecular flexibility index (Phi) is 7.68. The van der Waals surface area contributed by atoms with Crippen LogP contribution in [0.4, 0.5) is 10.5 Å². The first-order valence-corrected chi connectivity index (χ1v) is 10.4. The van der Waals surface area contributed by atoms with Gasteiger partial charge in [-0.3, -0.25) is 15.1 Å². The highest BCUT2D eigenvalue weighted by molar-refractivity contribution is 6.31. The van der Waals surface area contributed by atoms with E-state index in [-0.39, 0.29) is 18.7 Å². The van der Waals surface area contributed by atoms with Crippen molar-refractivity contribution in [1.82, 2.24) is 10.0 Å². The zero-order chi connectivity index (χ0) is 21.5. The van der Waals surface area contributed by atoms with Crippen molar-refractivity contribution in [2.75, 3.05) is 18.5 Å². The maximum Gasteiger partial charge on any atom is 0.411 e. The van der Waals surface area contributed by atoms with Crippen LogP contribution in [0.5, 0.6) is 0 Å². The van der Waals surface area contributed by atoms with Gasteiger partial charge in [0.1, 0.15) is 6.61 Å². The molecule has 8 heteroatoms. The van der Waals surface area contributed by atoms with Crippen molar-refractivity contribution >= 4 is 29.8 Å². The lowest BCUT2D eigenvalue weighted by Crippen LogP contribution is -2.47. The lowest BCUT2D eigenvalue weighted by molar-refractivity contribution is -0.139. The van der Waals surface area contributed by atoms with Gasteiger partial charge in [0.15, 0.2) is 0 Å². The van der Waals surface area contributed by atoms with Crippen LogP contribution in [-0.2, 0) is 22.5 Å². The van der Waals surface area contributed by atoms with Gasteiger partial charge in [0.25, 0.3) is 0 Å². The largest absolute Gasteiger partial charge is 0.448 e. The zero-order valence-electron chi connectivity index (χ0n) is 17.0. The summed E-state index contributed by atoms with van der Waals surface area (Å²) >= 11 is 6.23. The summed E-state index contributed by atoms with van der Waals surface area (Å²) in [6, 6.07) is 14.7. The van der Waals surface area contributed by atoms with Crippen LogP contribution >= 0.6 is 11.6 Å². The van der Waals surface area contributed by atoms with Crippen molar-refractivity contribution in [3.8, 4) is 0 Å². The number of hydrogen-bond donors (Lipinski definition) is 2. The predicted molar refractivity (Wildman–Crippen MR) is 117 cm³/mol. The number of rotatable bonds is 8. The highest BCUT2D eigenvalue weighted by Crippen LogP contribution is 2.23. The third-order valence-electron chi connectivity index (χ3n) is 5.18. The summed E-state index contributed by atoms with van der Waals surface area (Å²) in [5, 5.41) is 6.71. The number of ether oxygens (including phenoxy) is 1. The fraction of sp³-hybridized carbons (Fsp3) is 0.364. The molecule has 0 spiro atoms. The number of nitrogens with one attached hydrogen (secondary N) is 1. The monoisotopic (exact) mass is 430 g/mol. The molecule has 30 heavy (non-hydrogen) atoms. The number of amides is 2. The topological polar surface area (TPSA) is 87.9 Å². The Morgan fingerprint density at radius 2 is 2.03 bits per heavy atom. The zero-order valence-corrected chi connectivity index (χ0v) is 17.7. The van der Waals surface area contributed by atoms with Gasteiger partial charge in [-0.05, 0) is 42.2 Å². The standard InChI is InChI=1S/C22H27ClN4O3/c1-2-16-7-9-19(10-8-16)25-22(29)30-14-20-11-18(24)13-27(20)26(15-28)12-17-5-3-4-6-21(17)23/h3-10,15,18,20H,2,11-14,24H2,1H3,(H,25,29)/t18-,20+/m1/s1. The summed E-state index contributed by atoms with van der Waals surface area (Å²) in [6.45, 7) is 3.02. The van der Waals surface area contributed by atoms with E-state index in [4.69, 9.17) is 22.1 Å². The Morgan fingerprint density at radius 1 is 1.30 bits per heavy atom. The Bertz CT molecular complexity index is 862. The molecular weight excluding hydrogens is 404 g/mol. The third-order valence-corrected chi connectivity index (χ3v) is 5.54. The smallest absolute Gasteiger partial charge is 0.411 e. The van der Waals surface area contributed by atoms with E-state index in [1.165, 1.54) is 5.56 Å². The minimum atomic E-state index is -0.538. The van der Waals surface area contributed by atoms with Crippen LogP contribution in [0, 0.1) is 0 Å².